The molecule has 1 aliphatic rings. The van der Waals surface area contributed by atoms with E-state index in [-0.39, 0.29) is 18.2 Å². The molecule has 8 heteroatoms. The van der Waals surface area contributed by atoms with Crippen LogP contribution < -0.4 is 15.5 Å². The highest BCUT2D eigenvalue weighted by molar-refractivity contribution is 8.00. The molecule has 1 aromatic heterocycles. The molecule has 0 saturated carbocycles. The first-order valence-electron chi connectivity index (χ1n) is 10.4. The number of H-pyrrole nitrogens is 1. The molecule has 1 fully saturated rings. The van der Waals surface area contributed by atoms with E-state index in [1.54, 1.807) is 0 Å². The predicted molar refractivity (Wildman–Crippen MR) is 138 cm³/mol. The highest BCUT2D eigenvalue weighted by Gasteiger charge is 2.40. The SMILES string of the molecule is O=C1CC(Sc2cccc(NC(=S)Nc3ccccc3)c2)C(=O)N1c1ccc2cc[nH]c2c1. The van der Waals surface area contributed by atoms with Crippen molar-refractivity contribution in [3.05, 3.63) is 85.1 Å². The molecule has 2 amide bonds. The van der Waals surface area contributed by atoms with Gasteiger partial charge in [-0.2, -0.15) is 0 Å². The van der Waals surface area contributed by atoms with E-state index in [4.69, 9.17) is 12.2 Å². The van der Waals surface area contributed by atoms with Gasteiger partial charge in [0.1, 0.15) is 0 Å². The zero-order valence-electron chi connectivity index (χ0n) is 17.4. The van der Waals surface area contributed by atoms with Gasteiger partial charge in [-0.1, -0.05) is 30.3 Å². The summed E-state index contributed by atoms with van der Waals surface area (Å²) in [4.78, 5) is 31.1. The Labute approximate surface area is 200 Å². The maximum Gasteiger partial charge on any atom is 0.247 e. The van der Waals surface area contributed by atoms with Gasteiger partial charge in [0.15, 0.2) is 5.11 Å². The lowest BCUT2D eigenvalue weighted by atomic mass is 10.2. The second-order valence-electron chi connectivity index (χ2n) is 7.60. The molecule has 3 aromatic carbocycles. The van der Waals surface area contributed by atoms with E-state index in [1.807, 2.05) is 85.1 Å². The smallest absolute Gasteiger partial charge is 0.247 e. The van der Waals surface area contributed by atoms with Gasteiger partial charge in [0.25, 0.3) is 0 Å². The van der Waals surface area contributed by atoms with E-state index in [2.05, 4.69) is 15.6 Å². The summed E-state index contributed by atoms with van der Waals surface area (Å²) < 4.78 is 0. The number of nitrogens with zero attached hydrogens (tertiary/aromatic N) is 1. The number of amides is 2. The molecule has 4 aromatic rings. The van der Waals surface area contributed by atoms with Gasteiger partial charge in [-0.3, -0.25) is 9.59 Å². The van der Waals surface area contributed by atoms with Gasteiger partial charge in [0, 0.05) is 34.4 Å². The number of carbonyl (C=O) groups is 2. The summed E-state index contributed by atoms with van der Waals surface area (Å²) in [5.41, 5.74) is 3.19. The number of thiocarbonyl (C=S) groups is 1. The molecule has 164 valence electrons. The van der Waals surface area contributed by atoms with Crippen molar-refractivity contribution in [3.8, 4) is 0 Å². The Morgan fingerprint density at radius 1 is 0.939 bits per heavy atom. The fourth-order valence-corrected chi connectivity index (χ4v) is 5.12. The van der Waals surface area contributed by atoms with Crippen molar-refractivity contribution >= 4 is 68.9 Å². The molecule has 0 spiro atoms. The zero-order valence-corrected chi connectivity index (χ0v) is 19.1. The van der Waals surface area contributed by atoms with Crippen molar-refractivity contribution < 1.29 is 9.59 Å². The minimum atomic E-state index is -0.471. The maximum absolute atomic E-state index is 13.1. The molecular formula is C25H20N4O2S2. The van der Waals surface area contributed by atoms with Gasteiger partial charge in [-0.05, 0) is 66.1 Å². The van der Waals surface area contributed by atoms with E-state index in [9.17, 15) is 9.59 Å². The molecule has 33 heavy (non-hydrogen) atoms. The number of nitrogens with one attached hydrogen (secondary N) is 3. The molecule has 2 heterocycles. The molecule has 6 nitrogen and oxygen atoms in total. The molecule has 3 N–H and O–H groups in total. The summed E-state index contributed by atoms with van der Waals surface area (Å²) >= 11 is 6.79. The first-order valence-corrected chi connectivity index (χ1v) is 11.7. The number of aromatic amines is 1. The van der Waals surface area contributed by atoms with Crippen LogP contribution in [0.4, 0.5) is 17.1 Å². The lowest BCUT2D eigenvalue weighted by molar-refractivity contribution is -0.121. The normalized spacial score (nSPS) is 15.8. The third-order valence-corrected chi connectivity index (χ3v) is 6.69. The van der Waals surface area contributed by atoms with Crippen LogP contribution in [-0.2, 0) is 9.59 Å². The maximum atomic E-state index is 13.1. The second kappa shape index (κ2) is 9.09. The van der Waals surface area contributed by atoms with Crippen LogP contribution in [0.5, 0.6) is 0 Å². The number of benzene rings is 3. The topological polar surface area (TPSA) is 77.2 Å². The molecule has 1 aliphatic heterocycles. The van der Waals surface area contributed by atoms with Crippen LogP contribution in [0.15, 0.2) is 90.0 Å². The number of aromatic nitrogens is 1. The van der Waals surface area contributed by atoms with Gasteiger partial charge in [-0.25, -0.2) is 4.90 Å². The molecule has 1 saturated heterocycles. The van der Waals surface area contributed by atoms with Crippen LogP contribution in [0.2, 0.25) is 0 Å². The lowest BCUT2D eigenvalue weighted by Gasteiger charge is -2.15. The van der Waals surface area contributed by atoms with E-state index in [1.165, 1.54) is 16.7 Å². The van der Waals surface area contributed by atoms with Gasteiger partial charge in [0.05, 0.1) is 10.9 Å². The van der Waals surface area contributed by atoms with E-state index in [0.29, 0.717) is 10.8 Å². The lowest BCUT2D eigenvalue weighted by Crippen LogP contribution is -2.31. The van der Waals surface area contributed by atoms with Gasteiger partial charge in [-0.15, -0.1) is 11.8 Å². The summed E-state index contributed by atoms with van der Waals surface area (Å²) in [7, 11) is 0. The number of anilines is 3. The molecule has 5 rings (SSSR count). The van der Waals surface area contributed by atoms with Crippen molar-refractivity contribution in [2.75, 3.05) is 15.5 Å². The molecule has 0 bridgehead atoms. The Hall–Kier alpha value is -3.62. The van der Waals surface area contributed by atoms with Crippen LogP contribution in [0, 0.1) is 0 Å². The van der Waals surface area contributed by atoms with Crippen LogP contribution in [-0.4, -0.2) is 27.2 Å². The number of hydrogen-bond donors (Lipinski definition) is 3. The Morgan fingerprint density at radius 3 is 2.58 bits per heavy atom. The second-order valence-corrected chi connectivity index (χ2v) is 9.28. The van der Waals surface area contributed by atoms with Crippen LogP contribution >= 0.6 is 24.0 Å². The summed E-state index contributed by atoms with van der Waals surface area (Å²) in [6.45, 7) is 0. The Bertz CT molecular complexity index is 1350. The van der Waals surface area contributed by atoms with E-state index >= 15 is 0 Å². The van der Waals surface area contributed by atoms with Crippen molar-refractivity contribution in [2.45, 2.75) is 16.6 Å². The zero-order chi connectivity index (χ0) is 22.8. The number of fused-ring (bicyclic) bond motifs is 1. The number of carbonyl (C=O) groups excluding carboxylic acids is 2. The number of para-hydroxylation sites is 1. The van der Waals surface area contributed by atoms with Gasteiger partial charge in [0.2, 0.25) is 11.8 Å². The first-order chi connectivity index (χ1) is 16.1. The van der Waals surface area contributed by atoms with Gasteiger partial charge >= 0.3 is 0 Å². The van der Waals surface area contributed by atoms with Crippen molar-refractivity contribution in [2.24, 2.45) is 0 Å². The summed E-state index contributed by atoms with van der Waals surface area (Å²) in [6, 6.07) is 24.8. The molecule has 1 atom stereocenters. The Kier molecular flexibility index (Phi) is 5.85. The highest BCUT2D eigenvalue weighted by atomic mass is 32.2. The predicted octanol–water partition coefficient (Wildman–Crippen LogP) is 5.40. The number of thioether (sulfide) groups is 1. The third-order valence-electron chi connectivity index (χ3n) is 5.30. The minimum absolute atomic E-state index is 0.165. The van der Waals surface area contributed by atoms with Gasteiger partial charge < -0.3 is 15.6 Å². The monoisotopic (exact) mass is 472 g/mol. The number of rotatable bonds is 5. The van der Waals surface area contributed by atoms with Crippen molar-refractivity contribution in [1.29, 1.82) is 0 Å². The largest absolute Gasteiger partial charge is 0.361 e. The average Bonchev–Trinajstić information content (AvgIpc) is 3.38. The van der Waals surface area contributed by atoms with E-state index < -0.39 is 5.25 Å². The Morgan fingerprint density at radius 2 is 1.73 bits per heavy atom. The van der Waals surface area contributed by atoms with E-state index in [0.717, 1.165) is 27.2 Å². The fourth-order valence-electron chi connectivity index (χ4n) is 3.77. The average molecular weight is 473 g/mol. The quantitative estimate of drug-likeness (QED) is 0.267. The first kappa shape index (κ1) is 21.2. The fraction of sp³-hybridized carbons (Fsp3) is 0.0800. The van der Waals surface area contributed by atoms with Crippen LogP contribution in [0.25, 0.3) is 10.9 Å². The molecule has 0 aliphatic carbocycles. The summed E-state index contributed by atoms with van der Waals surface area (Å²) in [6.07, 6.45) is 2.00. The molecular weight excluding hydrogens is 452 g/mol. The highest BCUT2D eigenvalue weighted by Crippen LogP contribution is 2.35. The summed E-state index contributed by atoms with van der Waals surface area (Å²) in [5, 5.41) is 7.34. The number of imide groups is 1. The number of hydrogen-bond acceptors (Lipinski definition) is 4. The van der Waals surface area contributed by atoms with Crippen molar-refractivity contribution in [1.82, 2.24) is 4.98 Å². The molecule has 0 radical (unpaired) electrons. The van der Waals surface area contributed by atoms with Crippen molar-refractivity contribution in [3.63, 3.8) is 0 Å². The molecule has 1 unspecified atom stereocenters. The van der Waals surface area contributed by atoms with Crippen LogP contribution in [0.1, 0.15) is 6.42 Å². The third kappa shape index (κ3) is 4.62. The Balaban J connectivity index is 1.27. The van der Waals surface area contributed by atoms with Crippen LogP contribution in [0.3, 0.4) is 0 Å². The minimum Gasteiger partial charge on any atom is -0.361 e. The standard InChI is InChI=1S/C25H20N4O2S2/c30-23-15-22(24(31)29(23)19-10-9-16-11-12-26-21(16)14-19)33-20-8-4-7-18(13-20)28-25(32)27-17-5-2-1-3-6-17/h1-14,22,26H,15H2,(H2,27,28,32). The summed E-state index contributed by atoms with van der Waals surface area (Å²) in [5.74, 6) is -0.388.